The number of sulfonamides is 1. The van der Waals surface area contributed by atoms with Gasteiger partial charge in [-0.05, 0) is 68.1 Å². The molecule has 0 radical (unpaired) electrons. The average Bonchev–Trinajstić information content (AvgIpc) is 3.42. The van der Waals surface area contributed by atoms with Crippen LogP contribution in [0.1, 0.15) is 34.3 Å². The van der Waals surface area contributed by atoms with Crippen LogP contribution in [0.4, 0.5) is 0 Å². The second-order valence-corrected chi connectivity index (χ2v) is 10.9. The number of rotatable bonds is 6. The predicted molar refractivity (Wildman–Crippen MR) is 125 cm³/mol. The van der Waals surface area contributed by atoms with E-state index in [2.05, 4.69) is 24.0 Å². The largest absolute Gasteiger partial charge is 0.383 e. The number of hydrogen-bond acceptors (Lipinski definition) is 5. The van der Waals surface area contributed by atoms with Crippen LogP contribution in [0.2, 0.25) is 0 Å². The summed E-state index contributed by atoms with van der Waals surface area (Å²) in [6.45, 7) is 6.28. The van der Waals surface area contributed by atoms with Gasteiger partial charge in [-0.1, -0.05) is 17.4 Å². The molecule has 170 valence electrons. The lowest BCUT2D eigenvalue weighted by Gasteiger charge is -2.15. The smallest absolute Gasteiger partial charge is 0.279 e. The number of hydrogen-bond donors (Lipinski definition) is 0. The van der Waals surface area contributed by atoms with Crippen molar-refractivity contribution >= 4 is 37.5 Å². The second kappa shape index (κ2) is 9.27. The second-order valence-electron chi connectivity index (χ2n) is 8.01. The van der Waals surface area contributed by atoms with Crippen LogP contribution in [0.5, 0.6) is 0 Å². The predicted octanol–water partition coefficient (Wildman–Crippen LogP) is 3.49. The van der Waals surface area contributed by atoms with Gasteiger partial charge in [0, 0.05) is 32.3 Å². The number of benzene rings is 2. The fourth-order valence-corrected chi connectivity index (χ4v) is 6.62. The van der Waals surface area contributed by atoms with Gasteiger partial charge in [-0.15, -0.1) is 0 Å². The van der Waals surface area contributed by atoms with E-state index in [1.807, 2.05) is 11.5 Å². The summed E-state index contributed by atoms with van der Waals surface area (Å²) in [5.74, 6) is -0.401. The maximum Gasteiger partial charge on any atom is 0.279 e. The Labute approximate surface area is 192 Å². The highest BCUT2D eigenvalue weighted by Crippen LogP contribution is 2.24. The van der Waals surface area contributed by atoms with Gasteiger partial charge in [0.15, 0.2) is 4.80 Å². The third-order valence-corrected chi connectivity index (χ3v) is 8.78. The molecule has 3 aromatic rings. The summed E-state index contributed by atoms with van der Waals surface area (Å²) >= 11 is 1.47. The van der Waals surface area contributed by atoms with E-state index in [1.165, 1.54) is 39.9 Å². The van der Waals surface area contributed by atoms with Gasteiger partial charge in [0.2, 0.25) is 10.0 Å². The molecule has 1 fully saturated rings. The maximum absolute atomic E-state index is 12.9. The van der Waals surface area contributed by atoms with Crippen LogP contribution < -0.4 is 4.80 Å². The van der Waals surface area contributed by atoms with E-state index >= 15 is 0 Å². The normalized spacial score (nSPS) is 15.7. The summed E-state index contributed by atoms with van der Waals surface area (Å²) in [6, 6.07) is 10.3. The number of methoxy groups -OCH3 is 1. The molecule has 0 saturated carbocycles. The first kappa shape index (κ1) is 22.8. The Morgan fingerprint density at radius 2 is 1.81 bits per heavy atom. The molecule has 0 bridgehead atoms. The summed E-state index contributed by atoms with van der Waals surface area (Å²) in [7, 11) is -1.86. The standard InChI is InChI=1S/C23H27N3O4S2/c1-16-14-17(2)21-20(15-16)26(12-13-30-3)23(31-21)24-22(27)18-6-8-19(9-7-18)32(28,29)25-10-4-5-11-25/h6-9,14-15H,4-5,10-13H2,1-3H3. The number of amides is 1. The molecule has 1 aromatic heterocycles. The van der Waals surface area contributed by atoms with Crippen molar-refractivity contribution in [2.45, 2.75) is 38.1 Å². The lowest BCUT2D eigenvalue weighted by atomic mass is 10.1. The molecule has 7 nitrogen and oxygen atoms in total. The molecule has 0 atom stereocenters. The van der Waals surface area contributed by atoms with Gasteiger partial charge in [-0.25, -0.2) is 8.42 Å². The first-order valence-corrected chi connectivity index (χ1v) is 12.9. The number of aromatic nitrogens is 1. The van der Waals surface area contributed by atoms with Crippen LogP contribution in [-0.4, -0.2) is 50.0 Å². The molecule has 32 heavy (non-hydrogen) atoms. The number of carbonyl (C=O) groups excluding carboxylic acids is 1. The van der Waals surface area contributed by atoms with E-state index in [1.54, 1.807) is 7.11 Å². The minimum atomic E-state index is -3.51. The topological polar surface area (TPSA) is 81.0 Å². The van der Waals surface area contributed by atoms with E-state index in [4.69, 9.17) is 4.74 Å². The summed E-state index contributed by atoms with van der Waals surface area (Å²) < 4.78 is 35.3. The molecule has 4 rings (SSSR count). The number of fused-ring (bicyclic) bond motifs is 1. The minimum absolute atomic E-state index is 0.207. The highest BCUT2D eigenvalue weighted by molar-refractivity contribution is 7.89. The summed E-state index contributed by atoms with van der Waals surface area (Å²) in [6.07, 6.45) is 1.76. The van der Waals surface area contributed by atoms with Gasteiger partial charge < -0.3 is 9.30 Å². The number of carbonyl (C=O) groups is 1. The Kier molecular flexibility index (Phi) is 6.62. The molecule has 0 spiro atoms. The van der Waals surface area contributed by atoms with Crippen molar-refractivity contribution in [2.75, 3.05) is 26.8 Å². The van der Waals surface area contributed by atoms with Crippen LogP contribution in [0, 0.1) is 13.8 Å². The number of ether oxygens (including phenoxy) is 1. The van der Waals surface area contributed by atoms with Crippen LogP contribution in [0.3, 0.4) is 0 Å². The van der Waals surface area contributed by atoms with E-state index in [9.17, 15) is 13.2 Å². The van der Waals surface area contributed by atoms with E-state index in [-0.39, 0.29) is 4.90 Å². The van der Waals surface area contributed by atoms with Gasteiger partial charge in [-0.3, -0.25) is 4.79 Å². The van der Waals surface area contributed by atoms with Crippen molar-refractivity contribution in [1.82, 2.24) is 8.87 Å². The van der Waals surface area contributed by atoms with Crippen molar-refractivity contribution in [3.05, 3.63) is 57.9 Å². The molecule has 1 aliphatic heterocycles. The first-order chi connectivity index (χ1) is 15.3. The molecule has 0 aliphatic carbocycles. The number of aryl methyl sites for hydroxylation is 2. The minimum Gasteiger partial charge on any atom is -0.383 e. The van der Waals surface area contributed by atoms with Crippen LogP contribution in [-0.2, 0) is 21.3 Å². The summed E-state index contributed by atoms with van der Waals surface area (Å²) in [4.78, 5) is 18.1. The molecule has 1 aliphatic rings. The molecule has 0 unspecified atom stereocenters. The Bertz CT molecular complexity index is 1320. The van der Waals surface area contributed by atoms with Crippen LogP contribution >= 0.6 is 11.3 Å². The Morgan fingerprint density at radius 1 is 1.12 bits per heavy atom. The van der Waals surface area contributed by atoms with Gasteiger partial charge in [-0.2, -0.15) is 9.30 Å². The number of thiazole rings is 1. The molecule has 2 aromatic carbocycles. The zero-order valence-corrected chi connectivity index (χ0v) is 20.1. The van der Waals surface area contributed by atoms with Crippen molar-refractivity contribution in [1.29, 1.82) is 0 Å². The van der Waals surface area contributed by atoms with Crippen molar-refractivity contribution < 1.29 is 17.9 Å². The Hall–Kier alpha value is -2.33. The molecule has 1 saturated heterocycles. The first-order valence-electron chi connectivity index (χ1n) is 10.6. The third kappa shape index (κ3) is 4.43. The lowest BCUT2D eigenvalue weighted by molar-refractivity contribution is 0.0997. The Morgan fingerprint density at radius 3 is 2.47 bits per heavy atom. The molecular weight excluding hydrogens is 446 g/mol. The monoisotopic (exact) mass is 473 g/mol. The highest BCUT2D eigenvalue weighted by atomic mass is 32.2. The maximum atomic E-state index is 12.9. The Balaban J connectivity index is 1.69. The van der Waals surface area contributed by atoms with Crippen LogP contribution in [0.15, 0.2) is 46.3 Å². The van der Waals surface area contributed by atoms with Crippen molar-refractivity contribution in [3.63, 3.8) is 0 Å². The van der Waals surface area contributed by atoms with Crippen LogP contribution in [0.25, 0.3) is 10.2 Å². The highest BCUT2D eigenvalue weighted by Gasteiger charge is 2.27. The van der Waals surface area contributed by atoms with Gasteiger partial charge >= 0.3 is 0 Å². The molecule has 9 heteroatoms. The SMILES string of the molecule is COCCn1c(=NC(=O)c2ccc(S(=O)(=O)N3CCCC3)cc2)sc2c(C)cc(C)cc21. The quantitative estimate of drug-likeness (QED) is 0.549. The lowest BCUT2D eigenvalue weighted by Crippen LogP contribution is -2.27. The van der Waals surface area contributed by atoms with Crippen molar-refractivity contribution in [3.8, 4) is 0 Å². The van der Waals surface area contributed by atoms with E-state index < -0.39 is 15.9 Å². The summed E-state index contributed by atoms with van der Waals surface area (Å²) in [5.41, 5.74) is 3.67. The molecule has 0 N–H and O–H groups in total. The van der Waals surface area contributed by atoms with Gasteiger partial charge in [0.25, 0.3) is 5.91 Å². The average molecular weight is 474 g/mol. The molecular formula is C23H27N3O4S2. The summed E-state index contributed by atoms with van der Waals surface area (Å²) in [5, 5.41) is 0. The fraction of sp³-hybridized carbons (Fsp3) is 0.391. The van der Waals surface area contributed by atoms with E-state index in [0.717, 1.165) is 34.2 Å². The fourth-order valence-electron chi connectivity index (χ4n) is 3.99. The van der Waals surface area contributed by atoms with Gasteiger partial charge in [0.05, 0.1) is 21.7 Å². The molecule has 1 amide bonds. The number of nitrogens with zero attached hydrogens (tertiary/aromatic N) is 3. The van der Waals surface area contributed by atoms with Gasteiger partial charge in [0.1, 0.15) is 0 Å². The van der Waals surface area contributed by atoms with E-state index in [0.29, 0.717) is 36.6 Å². The zero-order chi connectivity index (χ0) is 22.9. The zero-order valence-electron chi connectivity index (χ0n) is 18.5. The van der Waals surface area contributed by atoms with Crippen molar-refractivity contribution in [2.24, 2.45) is 4.99 Å². The molecule has 2 heterocycles. The third-order valence-electron chi connectivity index (χ3n) is 5.63.